The van der Waals surface area contributed by atoms with Crippen LogP contribution >= 0.6 is 0 Å². The zero-order chi connectivity index (χ0) is 29.7. The summed E-state index contributed by atoms with van der Waals surface area (Å²) < 4.78 is 16.8. The molecule has 2 amide bonds. The highest BCUT2D eigenvalue weighted by Crippen LogP contribution is 2.38. The molecule has 4 rings (SSSR count). The first-order valence-corrected chi connectivity index (χ1v) is 13.3. The zero-order valence-electron chi connectivity index (χ0n) is 23.4. The Labute approximate surface area is 245 Å². The van der Waals surface area contributed by atoms with E-state index in [1.54, 1.807) is 36.4 Å². The van der Waals surface area contributed by atoms with Gasteiger partial charge in [-0.05, 0) is 41.5 Å². The van der Waals surface area contributed by atoms with Crippen molar-refractivity contribution in [3.8, 4) is 17.6 Å². The SMILES string of the molecule is COCC(=O)Nc1cc(OCc2ccccc2)c(OC)cc1[C@H](Nc1ccc(C#N)cc1)C(=O)NCc1ccccc1. The topological polar surface area (TPSA) is 122 Å². The maximum atomic E-state index is 13.8. The quantitative estimate of drug-likeness (QED) is 0.204. The van der Waals surface area contributed by atoms with Crippen LogP contribution in [0, 0.1) is 11.3 Å². The highest BCUT2D eigenvalue weighted by atomic mass is 16.5. The maximum absolute atomic E-state index is 13.8. The molecule has 4 aromatic carbocycles. The summed E-state index contributed by atoms with van der Waals surface area (Å²) in [5, 5.41) is 18.3. The number of carbonyl (C=O) groups is 2. The lowest BCUT2D eigenvalue weighted by Crippen LogP contribution is -2.34. The van der Waals surface area contributed by atoms with Crippen molar-refractivity contribution in [3.05, 3.63) is 119 Å². The minimum Gasteiger partial charge on any atom is -0.493 e. The molecule has 0 bridgehead atoms. The predicted molar refractivity (Wildman–Crippen MR) is 160 cm³/mol. The fraction of sp³-hybridized carbons (Fsp3) is 0.182. The van der Waals surface area contributed by atoms with E-state index >= 15 is 0 Å². The van der Waals surface area contributed by atoms with E-state index in [0.717, 1.165) is 11.1 Å². The fourth-order valence-electron chi connectivity index (χ4n) is 4.23. The first-order valence-electron chi connectivity index (χ1n) is 13.3. The molecule has 3 N–H and O–H groups in total. The lowest BCUT2D eigenvalue weighted by atomic mass is 10.0. The molecule has 0 aliphatic heterocycles. The molecular formula is C33H32N4O5. The Morgan fingerprint density at radius 3 is 2.14 bits per heavy atom. The number of benzene rings is 4. The lowest BCUT2D eigenvalue weighted by molar-refractivity contribution is -0.122. The number of nitriles is 1. The van der Waals surface area contributed by atoms with Crippen molar-refractivity contribution >= 4 is 23.2 Å². The number of rotatable bonds is 13. The summed E-state index contributed by atoms with van der Waals surface area (Å²) >= 11 is 0. The second-order valence-corrected chi connectivity index (χ2v) is 9.32. The summed E-state index contributed by atoms with van der Waals surface area (Å²) in [5.74, 6) is 0.0259. The highest BCUT2D eigenvalue weighted by Gasteiger charge is 2.27. The van der Waals surface area contributed by atoms with Gasteiger partial charge < -0.3 is 30.2 Å². The van der Waals surface area contributed by atoms with Crippen molar-refractivity contribution in [2.24, 2.45) is 0 Å². The molecule has 214 valence electrons. The van der Waals surface area contributed by atoms with Crippen LogP contribution in [-0.4, -0.2) is 32.6 Å². The van der Waals surface area contributed by atoms with Crippen LogP contribution in [0.15, 0.2) is 97.1 Å². The number of methoxy groups -OCH3 is 2. The molecule has 9 nitrogen and oxygen atoms in total. The maximum Gasteiger partial charge on any atom is 0.250 e. The van der Waals surface area contributed by atoms with Gasteiger partial charge in [0.05, 0.1) is 24.4 Å². The molecule has 0 spiro atoms. The molecule has 4 aromatic rings. The fourth-order valence-corrected chi connectivity index (χ4v) is 4.23. The van der Waals surface area contributed by atoms with Crippen molar-refractivity contribution in [1.82, 2.24) is 5.32 Å². The number of amides is 2. The predicted octanol–water partition coefficient (Wildman–Crippen LogP) is 5.20. The first kappa shape index (κ1) is 29.6. The summed E-state index contributed by atoms with van der Waals surface area (Å²) in [7, 11) is 2.94. The van der Waals surface area contributed by atoms with Gasteiger partial charge in [-0.3, -0.25) is 9.59 Å². The second kappa shape index (κ2) is 14.9. The lowest BCUT2D eigenvalue weighted by Gasteiger charge is -2.24. The van der Waals surface area contributed by atoms with Gasteiger partial charge in [-0.15, -0.1) is 0 Å². The minimum absolute atomic E-state index is 0.181. The summed E-state index contributed by atoms with van der Waals surface area (Å²) in [4.78, 5) is 26.5. The van der Waals surface area contributed by atoms with E-state index < -0.39 is 11.9 Å². The van der Waals surface area contributed by atoms with Crippen molar-refractivity contribution in [1.29, 1.82) is 5.26 Å². The molecule has 0 saturated heterocycles. The smallest absolute Gasteiger partial charge is 0.250 e. The molecule has 42 heavy (non-hydrogen) atoms. The van der Waals surface area contributed by atoms with E-state index in [1.165, 1.54) is 14.2 Å². The molecule has 0 radical (unpaired) electrons. The molecule has 0 aromatic heterocycles. The standard InChI is InChI=1S/C33H32N4O5/c1-40-22-31(38)37-28-18-30(42-21-25-11-7-4-8-12-25)29(41-2)17-27(28)32(36-26-15-13-23(19-34)14-16-26)33(39)35-20-24-9-5-3-6-10-24/h3-18,32,36H,20-22H2,1-2H3,(H,35,39)(H,37,38)/t32-/m0/s1. The van der Waals surface area contributed by atoms with Crippen LogP contribution in [-0.2, 0) is 27.5 Å². The van der Waals surface area contributed by atoms with Gasteiger partial charge in [0.1, 0.15) is 19.3 Å². The first-order chi connectivity index (χ1) is 20.5. The van der Waals surface area contributed by atoms with E-state index in [9.17, 15) is 14.9 Å². The Bertz CT molecular complexity index is 1520. The summed E-state index contributed by atoms with van der Waals surface area (Å²) in [6.45, 7) is 0.387. The van der Waals surface area contributed by atoms with Gasteiger partial charge in [0, 0.05) is 31.0 Å². The average Bonchev–Trinajstić information content (AvgIpc) is 3.03. The van der Waals surface area contributed by atoms with Crippen molar-refractivity contribution in [2.75, 3.05) is 31.5 Å². The van der Waals surface area contributed by atoms with Crippen LogP contribution < -0.4 is 25.4 Å². The van der Waals surface area contributed by atoms with Crippen LogP contribution in [0.3, 0.4) is 0 Å². The number of nitrogens with one attached hydrogen (secondary N) is 3. The number of ether oxygens (including phenoxy) is 3. The normalized spacial score (nSPS) is 11.1. The van der Waals surface area contributed by atoms with E-state index in [-0.39, 0.29) is 19.1 Å². The van der Waals surface area contributed by atoms with Crippen LogP contribution in [0.25, 0.3) is 0 Å². The van der Waals surface area contributed by atoms with Crippen molar-refractivity contribution in [3.63, 3.8) is 0 Å². The van der Waals surface area contributed by atoms with Crippen LogP contribution in [0.1, 0.15) is 28.3 Å². The summed E-state index contributed by atoms with van der Waals surface area (Å²) in [5.41, 5.74) is 3.76. The van der Waals surface area contributed by atoms with Crippen LogP contribution in [0.5, 0.6) is 11.5 Å². The number of nitrogens with zero attached hydrogens (tertiary/aromatic N) is 1. The number of hydrogen-bond acceptors (Lipinski definition) is 7. The van der Waals surface area contributed by atoms with Gasteiger partial charge in [0.15, 0.2) is 11.5 Å². The number of carbonyl (C=O) groups excluding carboxylic acids is 2. The zero-order valence-corrected chi connectivity index (χ0v) is 23.4. The molecule has 0 unspecified atom stereocenters. The Morgan fingerprint density at radius 1 is 0.857 bits per heavy atom. The van der Waals surface area contributed by atoms with E-state index in [0.29, 0.717) is 40.5 Å². The molecule has 1 atom stereocenters. The van der Waals surface area contributed by atoms with Crippen LogP contribution in [0.2, 0.25) is 0 Å². The van der Waals surface area contributed by atoms with Gasteiger partial charge in [0.2, 0.25) is 11.8 Å². The Kier molecular flexibility index (Phi) is 10.5. The van der Waals surface area contributed by atoms with Gasteiger partial charge in [-0.2, -0.15) is 5.26 Å². The van der Waals surface area contributed by atoms with Crippen LogP contribution in [0.4, 0.5) is 11.4 Å². The Morgan fingerprint density at radius 2 is 1.52 bits per heavy atom. The molecular weight excluding hydrogens is 532 g/mol. The molecule has 9 heteroatoms. The molecule has 0 fully saturated rings. The third kappa shape index (κ3) is 8.10. The average molecular weight is 565 g/mol. The molecule has 0 saturated carbocycles. The largest absolute Gasteiger partial charge is 0.493 e. The van der Waals surface area contributed by atoms with Gasteiger partial charge in [0.25, 0.3) is 0 Å². The molecule has 0 heterocycles. The molecule has 0 aliphatic rings. The van der Waals surface area contributed by atoms with Crippen molar-refractivity contribution in [2.45, 2.75) is 19.2 Å². The summed E-state index contributed by atoms with van der Waals surface area (Å²) in [6, 6.07) is 30.4. The monoisotopic (exact) mass is 564 g/mol. The van der Waals surface area contributed by atoms with E-state index in [2.05, 4.69) is 22.0 Å². The number of hydrogen-bond donors (Lipinski definition) is 3. The third-order valence-corrected chi connectivity index (χ3v) is 6.33. The highest BCUT2D eigenvalue weighted by molar-refractivity contribution is 5.95. The van der Waals surface area contributed by atoms with Gasteiger partial charge in [-0.25, -0.2) is 0 Å². The van der Waals surface area contributed by atoms with E-state index in [1.807, 2.05) is 60.7 Å². The minimum atomic E-state index is -0.962. The summed E-state index contributed by atoms with van der Waals surface area (Å²) in [6.07, 6.45) is 0. The van der Waals surface area contributed by atoms with Gasteiger partial charge in [-0.1, -0.05) is 60.7 Å². The Balaban J connectivity index is 1.73. The Hall–Kier alpha value is -5.33. The third-order valence-electron chi connectivity index (χ3n) is 6.33. The molecule has 0 aliphatic carbocycles. The number of anilines is 2. The van der Waals surface area contributed by atoms with Crippen molar-refractivity contribution < 1.29 is 23.8 Å². The van der Waals surface area contributed by atoms with E-state index in [4.69, 9.17) is 14.2 Å². The van der Waals surface area contributed by atoms with Gasteiger partial charge >= 0.3 is 0 Å². The second-order valence-electron chi connectivity index (χ2n) is 9.32.